The van der Waals surface area contributed by atoms with Gasteiger partial charge < -0.3 is 20.1 Å². The summed E-state index contributed by atoms with van der Waals surface area (Å²) in [4.78, 5) is 4.46. The van der Waals surface area contributed by atoms with Crippen molar-refractivity contribution in [3.05, 3.63) is 65.5 Å². The minimum absolute atomic E-state index is 0. The monoisotopic (exact) mass is 487 g/mol. The number of aliphatic imine (C=N–C) groups is 1. The smallest absolute Gasteiger partial charge is 0.191 e. The Kier molecular flexibility index (Phi) is 11.4. The largest absolute Gasteiger partial charge is 0.496 e. The van der Waals surface area contributed by atoms with Crippen molar-refractivity contribution in [3.8, 4) is 5.75 Å². The Balaban J connectivity index is 0.00000364. The summed E-state index contributed by atoms with van der Waals surface area (Å²) in [6.45, 7) is 4.79. The van der Waals surface area contributed by atoms with Crippen LogP contribution in [0.4, 0.5) is 4.39 Å². The average molecular weight is 487 g/mol. The summed E-state index contributed by atoms with van der Waals surface area (Å²) in [6, 6.07) is 14.2. The van der Waals surface area contributed by atoms with Gasteiger partial charge in [-0.15, -0.1) is 24.0 Å². The highest BCUT2D eigenvalue weighted by molar-refractivity contribution is 14.0. The molecule has 0 radical (unpaired) electrons. The second-order valence-corrected chi connectivity index (χ2v) is 5.62. The molecular formula is C20H27FIN3O2. The van der Waals surface area contributed by atoms with E-state index in [2.05, 4.69) is 15.6 Å². The van der Waals surface area contributed by atoms with Crippen LogP contribution in [0.15, 0.2) is 53.5 Å². The molecule has 7 heteroatoms. The summed E-state index contributed by atoms with van der Waals surface area (Å²) in [6.07, 6.45) is 0. The molecule has 27 heavy (non-hydrogen) atoms. The van der Waals surface area contributed by atoms with E-state index in [0.717, 1.165) is 23.4 Å². The molecule has 0 amide bonds. The Labute approximate surface area is 177 Å². The van der Waals surface area contributed by atoms with Crippen LogP contribution in [0, 0.1) is 5.82 Å². The molecule has 0 aromatic heterocycles. The third-order valence-corrected chi connectivity index (χ3v) is 3.64. The van der Waals surface area contributed by atoms with Gasteiger partial charge in [0.2, 0.25) is 0 Å². The van der Waals surface area contributed by atoms with Crippen LogP contribution in [0.1, 0.15) is 18.1 Å². The third kappa shape index (κ3) is 8.57. The summed E-state index contributed by atoms with van der Waals surface area (Å²) < 4.78 is 24.2. The van der Waals surface area contributed by atoms with Crippen molar-refractivity contribution in [3.63, 3.8) is 0 Å². The molecule has 0 unspecified atom stereocenters. The van der Waals surface area contributed by atoms with Gasteiger partial charge in [-0.3, -0.25) is 0 Å². The lowest BCUT2D eigenvalue weighted by atomic mass is 10.2. The van der Waals surface area contributed by atoms with Crippen LogP contribution in [-0.2, 0) is 17.9 Å². The summed E-state index contributed by atoms with van der Waals surface area (Å²) in [5.41, 5.74) is 1.84. The lowest BCUT2D eigenvalue weighted by Gasteiger charge is -2.12. The number of methoxy groups -OCH3 is 1. The van der Waals surface area contributed by atoms with E-state index in [4.69, 9.17) is 9.47 Å². The lowest BCUT2D eigenvalue weighted by Crippen LogP contribution is -2.38. The van der Waals surface area contributed by atoms with E-state index >= 15 is 0 Å². The quantitative estimate of drug-likeness (QED) is 0.245. The summed E-state index contributed by atoms with van der Waals surface area (Å²) in [5.74, 6) is 1.25. The Morgan fingerprint density at radius 2 is 1.93 bits per heavy atom. The van der Waals surface area contributed by atoms with Crippen molar-refractivity contribution in [1.82, 2.24) is 10.6 Å². The number of hydrogen-bond acceptors (Lipinski definition) is 3. The van der Waals surface area contributed by atoms with Crippen LogP contribution in [0.2, 0.25) is 0 Å². The van der Waals surface area contributed by atoms with E-state index in [1.165, 1.54) is 12.1 Å². The SMILES string of the molecule is CCNC(=NCc1cccc(F)c1)NCCOCc1ccccc1OC.I. The average Bonchev–Trinajstić information content (AvgIpc) is 2.66. The van der Waals surface area contributed by atoms with E-state index < -0.39 is 0 Å². The summed E-state index contributed by atoms with van der Waals surface area (Å²) in [7, 11) is 1.65. The van der Waals surface area contributed by atoms with Crippen molar-refractivity contribution in [2.45, 2.75) is 20.1 Å². The molecule has 2 aromatic rings. The molecule has 2 aromatic carbocycles. The molecule has 148 valence electrons. The molecular weight excluding hydrogens is 460 g/mol. The minimum Gasteiger partial charge on any atom is -0.496 e. The molecule has 0 aliphatic rings. The molecule has 0 heterocycles. The Bertz CT molecular complexity index is 713. The maximum absolute atomic E-state index is 13.2. The first-order valence-corrected chi connectivity index (χ1v) is 8.69. The minimum atomic E-state index is -0.250. The number of guanidine groups is 1. The molecule has 5 nitrogen and oxygen atoms in total. The molecule has 0 aliphatic carbocycles. The third-order valence-electron chi connectivity index (χ3n) is 3.64. The first-order chi connectivity index (χ1) is 12.7. The maximum Gasteiger partial charge on any atom is 0.191 e. The molecule has 2 N–H and O–H groups in total. The molecule has 0 bridgehead atoms. The van der Waals surface area contributed by atoms with E-state index in [-0.39, 0.29) is 29.8 Å². The van der Waals surface area contributed by atoms with Gasteiger partial charge in [0.15, 0.2) is 5.96 Å². The fourth-order valence-corrected chi connectivity index (χ4v) is 2.39. The van der Waals surface area contributed by atoms with E-state index in [1.807, 2.05) is 37.3 Å². The van der Waals surface area contributed by atoms with Gasteiger partial charge in [0.25, 0.3) is 0 Å². The zero-order valence-corrected chi connectivity index (χ0v) is 18.0. The van der Waals surface area contributed by atoms with E-state index in [1.54, 1.807) is 13.2 Å². The number of nitrogens with one attached hydrogen (secondary N) is 2. The van der Waals surface area contributed by atoms with E-state index in [9.17, 15) is 4.39 Å². The molecule has 0 saturated heterocycles. The standard InChI is InChI=1S/C20H26FN3O2.HI/c1-3-22-20(24-14-16-7-6-9-18(21)13-16)23-11-12-26-15-17-8-4-5-10-19(17)25-2;/h4-10,13H,3,11-12,14-15H2,1-2H3,(H2,22,23,24);1H. The van der Waals surface area contributed by atoms with Crippen molar-refractivity contribution < 1.29 is 13.9 Å². The Hall–Kier alpha value is -1.87. The number of halogens is 2. The zero-order chi connectivity index (χ0) is 18.6. The number of ether oxygens (including phenoxy) is 2. The highest BCUT2D eigenvalue weighted by Crippen LogP contribution is 2.17. The summed E-state index contributed by atoms with van der Waals surface area (Å²) >= 11 is 0. The molecule has 0 saturated carbocycles. The predicted octanol–water partition coefficient (Wildman–Crippen LogP) is 3.72. The van der Waals surface area contributed by atoms with Crippen LogP contribution in [0.3, 0.4) is 0 Å². The van der Waals surface area contributed by atoms with Gasteiger partial charge in [-0.1, -0.05) is 30.3 Å². The number of hydrogen-bond donors (Lipinski definition) is 2. The van der Waals surface area contributed by atoms with Gasteiger partial charge in [0.05, 0.1) is 26.9 Å². The van der Waals surface area contributed by atoms with Crippen LogP contribution < -0.4 is 15.4 Å². The second-order valence-electron chi connectivity index (χ2n) is 5.62. The van der Waals surface area contributed by atoms with Gasteiger partial charge in [-0.05, 0) is 30.7 Å². The van der Waals surface area contributed by atoms with Crippen molar-refractivity contribution in [2.24, 2.45) is 4.99 Å². The van der Waals surface area contributed by atoms with Crippen molar-refractivity contribution in [2.75, 3.05) is 26.8 Å². The molecule has 0 atom stereocenters. The van der Waals surface area contributed by atoms with Crippen molar-refractivity contribution >= 4 is 29.9 Å². The number of rotatable bonds is 9. The normalized spacial score (nSPS) is 10.9. The predicted molar refractivity (Wildman–Crippen MR) is 117 cm³/mol. The van der Waals surface area contributed by atoms with Crippen molar-refractivity contribution in [1.29, 1.82) is 0 Å². The van der Waals surface area contributed by atoms with E-state index in [0.29, 0.717) is 32.3 Å². The second kappa shape index (κ2) is 13.3. The van der Waals surface area contributed by atoms with Gasteiger partial charge >= 0.3 is 0 Å². The van der Waals surface area contributed by atoms with Crippen LogP contribution in [0.25, 0.3) is 0 Å². The first kappa shape index (κ1) is 23.2. The Morgan fingerprint density at radius 3 is 2.67 bits per heavy atom. The van der Waals surface area contributed by atoms with Gasteiger partial charge in [0.1, 0.15) is 11.6 Å². The molecule has 2 rings (SSSR count). The van der Waals surface area contributed by atoms with Gasteiger partial charge in [0, 0.05) is 18.7 Å². The molecule has 0 fully saturated rings. The molecule has 0 spiro atoms. The van der Waals surface area contributed by atoms with Crippen LogP contribution in [0.5, 0.6) is 5.75 Å². The van der Waals surface area contributed by atoms with Crippen LogP contribution >= 0.6 is 24.0 Å². The lowest BCUT2D eigenvalue weighted by molar-refractivity contribution is 0.123. The highest BCUT2D eigenvalue weighted by atomic mass is 127. The fraction of sp³-hybridized carbons (Fsp3) is 0.350. The number of benzene rings is 2. The summed E-state index contributed by atoms with van der Waals surface area (Å²) in [5, 5.41) is 6.37. The number of nitrogens with zero attached hydrogens (tertiary/aromatic N) is 1. The Morgan fingerprint density at radius 1 is 1.11 bits per heavy atom. The van der Waals surface area contributed by atoms with Gasteiger partial charge in [-0.2, -0.15) is 0 Å². The fourth-order valence-electron chi connectivity index (χ4n) is 2.39. The number of para-hydroxylation sites is 1. The zero-order valence-electron chi connectivity index (χ0n) is 15.7. The van der Waals surface area contributed by atoms with Crippen LogP contribution in [-0.4, -0.2) is 32.8 Å². The molecule has 0 aliphatic heterocycles. The first-order valence-electron chi connectivity index (χ1n) is 8.69. The van der Waals surface area contributed by atoms with Gasteiger partial charge in [-0.25, -0.2) is 9.38 Å². The topological polar surface area (TPSA) is 54.9 Å². The maximum atomic E-state index is 13.2. The highest BCUT2D eigenvalue weighted by Gasteiger charge is 2.02.